The number of nitrogens with zero attached hydrogens (tertiary/aromatic N) is 1. The Bertz CT molecular complexity index is 315. The molecule has 0 bridgehead atoms. The second-order valence-electron chi connectivity index (χ2n) is 2.21. The first-order valence-electron chi connectivity index (χ1n) is 3.26. The van der Waals surface area contributed by atoms with Crippen molar-refractivity contribution >= 4 is 30.8 Å². The van der Waals surface area contributed by atoms with Crippen molar-refractivity contribution in [1.29, 1.82) is 0 Å². The maximum absolute atomic E-state index is 11.2. The lowest BCUT2D eigenvalue weighted by Crippen LogP contribution is -2.09. The maximum atomic E-state index is 11.2. The molecule has 5 heteroatoms. The first-order chi connectivity index (χ1) is 5.09. The van der Waals surface area contributed by atoms with Crippen LogP contribution in [0, 0.1) is 0 Å². The van der Waals surface area contributed by atoms with Crippen LogP contribution in [0.2, 0.25) is 0 Å². The van der Waals surface area contributed by atoms with Crippen LogP contribution in [0.15, 0.2) is 15.0 Å². The molecule has 0 aliphatic carbocycles. The van der Waals surface area contributed by atoms with Gasteiger partial charge >= 0.3 is 0 Å². The smallest absolute Gasteiger partial charge is 0.227 e. The second-order valence-corrected chi connectivity index (χ2v) is 5.51. The van der Waals surface area contributed by atoms with Crippen molar-refractivity contribution in [3.05, 3.63) is 10.0 Å². The molecule has 3 nitrogen and oxygen atoms in total. The minimum Gasteiger partial charge on any atom is -0.247 e. The lowest BCUT2D eigenvalue weighted by molar-refractivity contribution is 0.614. The lowest BCUT2D eigenvalue weighted by atomic mass is 10.4. The molecule has 0 saturated heterocycles. The normalized spacial score (nSPS) is 21.3. The quantitative estimate of drug-likeness (QED) is 0.736. The van der Waals surface area contributed by atoms with E-state index in [9.17, 15) is 8.42 Å². The van der Waals surface area contributed by atoms with Gasteiger partial charge in [-0.2, -0.15) is 0 Å². The number of rotatable bonds is 2. The van der Waals surface area contributed by atoms with Gasteiger partial charge in [0, 0.05) is 6.42 Å². The number of sulfone groups is 1. The Morgan fingerprint density at radius 2 is 2.27 bits per heavy atom. The van der Waals surface area contributed by atoms with Crippen LogP contribution in [0.5, 0.6) is 0 Å². The lowest BCUT2D eigenvalue weighted by Gasteiger charge is -1.97. The molecule has 11 heavy (non-hydrogen) atoms. The van der Waals surface area contributed by atoms with Gasteiger partial charge in [-0.15, -0.1) is 0 Å². The van der Waals surface area contributed by atoms with Crippen molar-refractivity contribution in [2.75, 3.05) is 0 Å². The summed E-state index contributed by atoms with van der Waals surface area (Å²) in [6, 6.07) is 0. The summed E-state index contributed by atoms with van der Waals surface area (Å²) in [4.78, 5) is 3.78. The molecule has 62 valence electrons. The van der Waals surface area contributed by atoms with Gasteiger partial charge in [-0.3, -0.25) is 0 Å². The second kappa shape index (κ2) is 3.06. The highest BCUT2D eigenvalue weighted by atomic mass is 79.9. The summed E-state index contributed by atoms with van der Waals surface area (Å²) in [6.07, 6.45) is 2.65. The van der Waals surface area contributed by atoms with E-state index >= 15 is 0 Å². The average molecular weight is 238 g/mol. The van der Waals surface area contributed by atoms with Crippen LogP contribution in [0.4, 0.5) is 0 Å². The van der Waals surface area contributed by atoms with Gasteiger partial charge in [-0.25, -0.2) is 13.4 Å². The Hall–Kier alpha value is -0.160. The van der Waals surface area contributed by atoms with Gasteiger partial charge in [0.15, 0.2) is 0 Å². The zero-order valence-corrected chi connectivity index (χ0v) is 8.44. The first kappa shape index (κ1) is 8.93. The topological polar surface area (TPSA) is 46.5 Å². The monoisotopic (exact) mass is 237 g/mol. The van der Waals surface area contributed by atoms with Gasteiger partial charge in [-0.1, -0.05) is 6.92 Å². The van der Waals surface area contributed by atoms with Crippen LogP contribution < -0.4 is 0 Å². The minimum atomic E-state index is -3.20. The average Bonchev–Trinajstić information content (AvgIpc) is 2.16. The van der Waals surface area contributed by atoms with Gasteiger partial charge < -0.3 is 0 Å². The molecule has 1 aliphatic rings. The van der Waals surface area contributed by atoms with Crippen LogP contribution >= 0.6 is 15.9 Å². The molecule has 1 rings (SSSR count). The molecular formula is C6H8BrNO2S. The van der Waals surface area contributed by atoms with E-state index in [4.69, 9.17) is 0 Å². The summed E-state index contributed by atoms with van der Waals surface area (Å²) in [7, 11) is -3.20. The Kier molecular flexibility index (Phi) is 2.49. The summed E-state index contributed by atoms with van der Waals surface area (Å²) in [5, 5.41) is 0.270. The fourth-order valence-electron chi connectivity index (χ4n) is 0.787. The first-order valence-corrected chi connectivity index (χ1v) is 5.54. The molecule has 0 saturated carbocycles. The molecule has 0 radical (unpaired) electrons. The van der Waals surface area contributed by atoms with E-state index in [0.29, 0.717) is 6.42 Å². The molecule has 1 heterocycles. The maximum Gasteiger partial charge on any atom is 0.227 e. The molecule has 0 spiro atoms. The SMILES string of the molecule is CCCC1=NC=C(Br)S1(=O)=O. The van der Waals surface area contributed by atoms with Crippen molar-refractivity contribution < 1.29 is 8.42 Å². The van der Waals surface area contributed by atoms with E-state index in [1.54, 1.807) is 0 Å². The van der Waals surface area contributed by atoms with Crippen LogP contribution in [-0.4, -0.2) is 13.5 Å². The van der Waals surface area contributed by atoms with Crippen molar-refractivity contribution in [2.45, 2.75) is 19.8 Å². The van der Waals surface area contributed by atoms with Gasteiger partial charge in [0.2, 0.25) is 9.84 Å². The number of hydrogen-bond acceptors (Lipinski definition) is 3. The third kappa shape index (κ3) is 1.54. The Balaban J connectivity index is 2.93. The van der Waals surface area contributed by atoms with E-state index in [0.717, 1.165) is 6.42 Å². The van der Waals surface area contributed by atoms with Crippen molar-refractivity contribution in [3.8, 4) is 0 Å². The van der Waals surface area contributed by atoms with Crippen molar-refractivity contribution in [2.24, 2.45) is 4.99 Å². The summed E-state index contributed by atoms with van der Waals surface area (Å²) in [5.41, 5.74) is 0. The molecule has 0 atom stereocenters. The highest BCUT2D eigenvalue weighted by Gasteiger charge is 2.26. The molecular weight excluding hydrogens is 230 g/mol. The van der Waals surface area contributed by atoms with E-state index < -0.39 is 9.84 Å². The number of aliphatic imine (C=N–C) groups is 1. The molecule has 0 aromatic carbocycles. The fourth-order valence-corrected chi connectivity index (χ4v) is 2.53. The molecule has 0 amide bonds. The summed E-state index contributed by atoms with van der Waals surface area (Å²) in [6.45, 7) is 1.92. The number of hydrogen-bond donors (Lipinski definition) is 0. The molecule has 0 unspecified atom stereocenters. The van der Waals surface area contributed by atoms with E-state index in [1.165, 1.54) is 6.20 Å². The molecule has 0 aromatic heterocycles. The van der Waals surface area contributed by atoms with Crippen LogP contribution in [0.1, 0.15) is 19.8 Å². The molecule has 0 aromatic rings. The standard InChI is InChI=1S/C6H8BrNO2S/c1-2-3-6-8-4-5(7)11(6,9)10/h4H,2-3H2,1H3. The van der Waals surface area contributed by atoms with E-state index in [1.807, 2.05) is 6.92 Å². The molecule has 0 N–H and O–H groups in total. The van der Waals surface area contributed by atoms with Gasteiger partial charge in [0.1, 0.15) is 8.86 Å². The third-order valence-corrected chi connectivity index (χ3v) is 4.37. The van der Waals surface area contributed by atoms with Crippen molar-refractivity contribution in [1.82, 2.24) is 0 Å². The van der Waals surface area contributed by atoms with Gasteiger partial charge in [-0.05, 0) is 22.4 Å². The van der Waals surface area contributed by atoms with Crippen LogP contribution in [0.3, 0.4) is 0 Å². The zero-order valence-electron chi connectivity index (χ0n) is 6.04. The predicted octanol–water partition coefficient (Wildman–Crippen LogP) is 1.81. The predicted molar refractivity (Wildman–Crippen MR) is 48.3 cm³/mol. The van der Waals surface area contributed by atoms with E-state index in [2.05, 4.69) is 20.9 Å². The molecule has 0 fully saturated rings. The van der Waals surface area contributed by atoms with Crippen molar-refractivity contribution in [3.63, 3.8) is 0 Å². The fraction of sp³-hybridized carbons (Fsp3) is 0.500. The Labute approximate surface area is 74.3 Å². The number of halogens is 1. The minimum absolute atomic E-state index is 0.174. The zero-order chi connectivity index (χ0) is 8.48. The summed E-state index contributed by atoms with van der Waals surface area (Å²) in [5.74, 6) is 0. The van der Waals surface area contributed by atoms with Gasteiger partial charge in [0.25, 0.3) is 0 Å². The summed E-state index contributed by atoms with van der Waals surface area (Å²) < 4.78 is 22.6. The van der Waals surface area contributed by atoms with E-state index in [-0.39, 0.29) is 8.86 Å². The third-order valence-electron chi connectivity index (χ3n) is 1.34. The Morgan fingerprint density at radius 1 is 1.64 bits per heavy atom. The highest BCUT2D eigenvalue weighted by molar-refractivity contribution is 9.14. The van der Waals surface area contributed by atoms with Gasteiger partial charge in [0.05, 0.1) is 6.20 Å². The van der Waals surface area contributed by atoms with Crippen LogP contribution in [-0.2, 0) is 9.84 Å². The molecule has 1 aliphatic heterocycles. The summed E-state index contributed by atoms with van der Waals surface area (Å²) >= 11 is 2.93. The largest absolute Gasteiger partial charge is 0.247 e. The highest BCUT2D eigenvalue weighted by Crippen LogP contribution is 2.24. The Morgan fingerprint density at radius 3 is 2.64 bits per heavy atom. The van der Waals surface area contributed by atoms with Crippen LogP contribution in [0.25, 0.3) is 0 Å².